The Balaban J connectivity index is 1.39. The summed E-state index contributed by atoms with van der Waals surface area (Å²) in [5, 5.41) is 3.42. The summed E-state index contributed by atoms with van der Waals surface area (Å²) in [5.74, 6) is 3.21. The molecule has 0 spiro atoms. The van der Waals surface area contributed by atoms with Crippen molar-refractivity contribution in [3.05, 3.63) is 69.9 Å². The molecule has 3 aromatic rings. The van der Waals surface area contributed by atoms with Crippen LogP contribution < -0.4 is 14.8 Å². The molecule has 4 rings (SSSR count). The van der Waals surface area contributed by atoms with Gasteiger partial charge in [0.2, 0.25) is 6.79 Å². The molecule has 0 bridgehead atoms. The molecular formula is C19H16Cl2NO3+. The van der Waals surface area contributed by atoms with E-state index in [0.717, 1.165) is 41.7 Å². The highest BCUT2D eigenvalue weighted by atomic mass is 35.5. The third kappa shape index (κ3) is 3.61. The van der Waals surface area contributed by atoms with Crippen LogP contribution in [0.3, 0.4) is 0 Å². The normalized spacial score (nSPS) is 12.6. The molecule has 0 amide bonds. The minimum atomic E-state index is 0.295. The Hall–Kier alpha value is -2.14. The van der Waals surface area contributed by atoms with Crippen molar-refractivity contribution in [2.24, 2.45) is 0 Å². The number of fused-ring (bicyclic) bond motifs is 1. The maximum atomic E-state index is 6.22. The second-order valence-corrected chi connectivity index (χ2v) is 6.62. The highest BCUT2D eigenvalue weighted by Crippen LogP contribution is 2.33. The molecule has 0 unspecified atom stereocenters. The fourth-order valence-electron chi connectivity index (χ4n) is 2.77. The lowest BCUT2D eigenvalue weighted by molar-refractivity contribution is -0.687. The summed E-state index contributed by atoms with van der Waals surface area (Å²) in [6.45, 7) is 1.85. The Morgan fingerprint density at radius 1 is 0.880 bits per heavy atom. The van der Waals surface area contributed by atoms with Crippen molar-refractivity contribution in [1.82, 2.24) is 0 Å². The Morgan fingerprint density at radius 3 is 2.68 bits per heavy atom. The van der Waals surface area contributed by atoms with E-state index in [0.29, 0.717) is 16.8 Å². The molecule has 0 fully saturated rings. The number of quaternary nitrogens is 1. The largest absolute Gasteiger partial charge is 0.455 e. The van der Waals surface area contributed by atoms with E-state index in [1.807, 2.05) is 36.4 Å². The zero-order valence-corrected chi connectivity index (χ0v) is 14.8. The lowest BCUT2D eigenvalue weighted by atomic mass is 10.2. The minimum absolute atomic E-state index is 0.295. The van der Waals surface area contributed by atoms with Crippen molar-refractivity contribution >= 4 is 23.2 Å². The smallest absolute Gasteiger partial charge is 0.231 e. The van der Waals surface area contributed by atoms with Crippen molar-refractivity contribution in [3.63, 3.8) is 0 Å². The number of halogens is 2. The summed E-state index contributed by atoms with van der Waals surface area (Å²) < 4.78 is 16.6. The molecule has 1 aromatic heterocycles. The van der Waals surface area contributed by atoms with Gasteiger partial charge in [-0.05, 0) is 48.5 Å². The molecule has 2 N–H and O–H groups in total. The van der Waals surface area contributed by atoms with E-state index in [1.54, 1.807) is 12.1 Å². The number of furan rings is 1. The van der Waals surface area contributed by atoms with E-state index >= 15 is 0 Å². The summed E-state index contributed by atoms with van der Waals surface area (Å²) in [5.41, 5.74) is 1.98. The fraction of sp³-hybridized carbons (Fsp3) is 0.158. The average molecular weight is 377 g/mol. The molecule has 6 heteroatoms. The quantitative estimate of drug-likeness (QED) is 0.723. The summed E-state index contributed by atoms with van der Waals surface area (Å²) in [6.07, 6.45) is 0. The number of hydrogen-bond acceptors (Lipinski definition) is 3. The van der Waals surface area contributed by atoms with E-state index < -0.39 is 0 Å². The molecule has 0 saturated carbocycles. The molecule has 0 atom stereocenters. The zero-order chi connectivity index (χ0) is 17.2. The SMILES string of the molecule is Clc1ccc(Cl)c(-c2ccc(C[NH2+]Cc3ccc4c(c3)OCO4)o2)c1. The first kappa shape index (κ1) is 16.3. The Kier molecular flexibility index (Phi) is 4.57. The third-order valence-electron chi connectivity index (χ3n) is 4.02. The third-order valence-corrected chi connectivity index (χ3v) is 4.58. The molecule has 1 aliphatic heterocycles. The monoisotopic (exact) mass is 376 g/mol. The zero-order valence-electron chi connectivity index (χ0n) is 13.3. The van der Waals surface area contributed by atoms with Crippen molar-refractivity contribution in [1.29, 1.82) is 0 Å². The number of nitrogens with two attached hydrogens (primary N) is 1. The van der Waals surface area contributed by atoms with Crippen LogP contribution in [-0.2, 0) is 13.1 Å². The highest BCUT2D eigenvalue weighted by molar-refractivity contribution is 6.35. The van der Waals surface area contributed by atoms with Gasteiger partial charge in [-0.3, -0.25) is 0 Å². The Bertz CT molecular complexity index is 907. The van der Waals surface area contributed by atoms with Gasteiger partial charge in [-0.15, -0.1) is 0 Å². The molecular weight excluding hydrogens is 361 g/mol. The van der Waals surface area contributed by atoms with Gasteiger partial charge < -0.3 is 19.2 Å². The van der Waals surface area contributed by atoms with Gasteiger partial charge in [0, 0.05) is 16.1 Å². The second kappa shape index (κ2) is 7.00. The van der Waals surface area contributed by atoms with Crippen LogP contribution in [0.2, 0.25) is 10.0 Å². The lowest BCUT2D eigenvalue weighted by Crippen LogP contribution is -2.80. The first-order valence-corrected chi connectivity index (χ1v) is 8.69. The van der Waals surface area contributed by atoms with Gasteiger partial charge in [-0.25, -0.2) is 0 Å². The molecule has 0 aliphatic carbocycles. The summed E-state index contributed by atoms with van der Waals surface area (Å²) >= 11 is 12.3. The summed E-state index contributed by atoms with van der Waals surface area (Å²) in [4.78, 5) is 0. The molecule has 0 saturated heterocycles. The summed E-state index contributed by atoms with van der Waals surface area (Å²) in [7, 11) is 0. The van der Waals surface area contributed by atoms with E-state index in [4.69, 9.17) is 37.1 Å². The Morgan fingerprint density at radius 2 is 1.76 bits per heavy atom. The number of benzene rings is 2. The first-order chi connectivity index (χ1) is 12.2. The number of ether oxygens (including phenoxy) is 2. The van der Waals surface area contributed by atoms with Crippen LogP contribution in [0.25, 0.3) is 11.3 Å². The van der Waals surface area contributed by atoms with E-state index in [-0.39, 0.29) is 0 Å². The standard InChI is InChI=1S/C19H15Cl2NO3/c20-13-2-4-16(21)15(8-13)17-6-3-14(25-17)10-22-9-12-1-5-18-19(7-12)24-11-23-18/h1-8,22H,9-11H2/p+1. The average Bonchev–Trinajstić information content (AvgIpc) is 3.26. The van der Waals surface area contributed by atoms with Crippen molar-refractivity contribution in [3.8, 4) is 22.8 Å². The van der Waals surface area contributed by atoms with Gasteiger partial charge >= 0.3 is 0 Å². The number of rotatable bonds is 5. The van der Waals surface area contributed by atoms with Crippen molar-refractivity contribution in [2.45, 2.75) is 13.1 Å². The predicted molar refractivity (Wildman–Crippen MR) is 96.1 cm³/mol. The van der Waals surface area contributed by atoms with Gasteiger partial charge in [0.1, 0.15) is 18.8 Å². The van der Waals surface area contributed by atoms with Gasteiger partial charge in [0.15, 0.2) is 17.3 Å². The molecule has 128 valence electrons. The van der Waals surface area contributed by atoms with Crippen LogP contribution >= 0.6 is 23.2 Å². The van der Waals surface area contributed by atoms with E-state index in [2.05, 4.69) is 5.32 Å². The number of hydrogen-bond donors (Lipinski definition) is 1. The van der Waals surface area contributed by atoms with Crippen LogP contribution in [-0.4, -0.2) is 6.79 Å². The van der Waals surface area contributed by atoms with E-state index in [9.17, 15) is 0 Å². The summed E-state index contributed by atoms with van der Waals surface area (Å²) in [6, 6.07) is 15.2. The van der Waals surface area contributed by atoms with E-state index in [1.165, 1.54) is 5.56 Å². The molecule has 4 nitrogen and oxygen atoms in total. The lowest BCUT2D eigenvalue weighted by Gasteiger charge is -2.03. The maximum absolute atomic E-state index is 6.22. The van der Waals surface area contributed by atoms with Gasteiger partial charge in [-0.1, -0.05) is 23.2 Å². The molecule has 2 heterocycles. The molecule has 25 heavy (non-hydrogen) atoms. The molecule has 1 aliphatic rings. The minimum Gasteiger partial charge on any atom is -0.455 e. The Labute approximate surface area is 155 Å². The van der Waals surface area contributed by atoms with Crippen LogP contribution in [0.4, 0.5) is 0 Å². The second-order valence-electron chi connectivity index (χ2n) is 5.77. The predicted octanol–water partition coefficient (Wildman–Crippen LogP) is 4.25. The maximum Gasteiger partial charge on any atom is 0.231 e. The van der Waals surface area contributed by atoms with Gasteiger partial charge in [-0.2, -0.15) is 0 Å². The molecule has 0 radical (unpaired) electrons. The van der Waals surface area contributed by atoms with Gasteiger partial charge in [0.05, 0.1) is 5.02 Å². The molecule has 2 aromatic carbocycles. The topological polar surface area (TPSA) is 48.2 Å². The highest BCUT2D eigenvalue weighted by Gasteiger charge is 2.14. The van der Waals surface area contributed by atoms with Crippen LogP contribution in [0.15, 0.2) is 52.9 Å². The van der Waals surface area contributed by atoms with Crippen LogP contribution in [0, 0.1) is 0 Å². The van der Waals surface area contributed by atoms with Crippen LogP contribution in [0.1, 0.15) is 11.3 Å². The first-order valence-electron chi connectivity index (χ1n) is 7.93. The van der Waals surface area contributed by atoms with Crippen LogP contribution in [0.5, 0.6) is 11.5 Å². The van der Waals surface area contributed by atoms with Crippen molar-refractivity contribution < 1.29 is 19.2 Å². The fourth-order valence-corrected chi connectivity index (χ4v) is 3.15. The van der Waals surface area contributed by atoms with Crippen molar-refractivity contribution in [2.75, 3.05) is 6.79 Å². The van der Waals surface area contributed by atoms with Gasteiger partial charge in [0.25, 0.3) is 0 Å².